The lowest BCUT2D eigenvalue weighted by Crippen LogP contribution is -2.37. The molecule has 0 unspecified atom stereocenters. The number of methoxy groups -OCH3 is 1. The van der Waals surface area contributed by atoms with Crippen molar-refractivity contribution in [2.45, 2.75) is 12.1 Å². The molecular weight excluding hydrogens is 567 g/mol. The second-order valence-electron chi connectivity index (χ2n) is 9.43. The van der Waals surface area contributed by atoms with Gasteiger partial charge in [0.15, 0.2) is 17.6 Å². The summed E-state index contributed by atoms with van der Waals surface area (Å²) in [6, 6.07) is 26.6. The largest absolute Gasteiger partial charge is 0.493 e. The molecule has 4 aromatic rings. The molecule has 206 valence electrons. The van der Waals surface area contributed by atoms with Gasteiger partial charge in [0.2, 0.25) is 5.91 Å². The van der Waals surface area contributed by atoms with Gasteiger partial charge in [0.25, 0.3) is 5.91 Å². The SMILES string of the molecule is COc1cc([C@@H]2[C@@H]3C(=O)N(c4ccc(Cl)c(Cl)c4)C(=O)[C@H]3ON2c2ccccc2)ccc1OC(=O)c1ccccc1. The topological polar surface area (TPSA) is 85.4 Å². The van der Waals surface area contributed by atoms with Crippen LogP contribution in [0.25, 0.3) is 0 Å². The number of ether oxygens (including phenoxy) is 2. The first kappa shape index (κ1) is 26.8. The molecule has 2 amide bonds. The molecule has 0 bridgehead atoms. The van der Waals surface area contributed by atoms with Crippen molar-refractivity contribution < 1.29 is 28.7 Å². The molecule has 6 rings (SSSR count). The highest BCUT2D eigenvalue weighted by Gasteiger charge is 2.60. The third-order valence-corrected chi connectivity index (χ3v) is 7.77. The maximum absolute atomic E-state index is 13.9. The monoisotopic (exact) mass is 588 g/mol. The van der Waals surface area contributed by atoms with Crippen LogP contribution >= 0.6 is 23.2 Å². The number of halogens is 2. The molecule has 0 aliphatic carbocycles. The predicted octanol–water partition coefficient (Wildman–Crippen LogP) is 6.27. The number of rotatable bonds is 6. The summed E-state index contributed by atoms with van der Waals surface area (Å²) in [5.74, 6) is -1.90. The molecule has 0 N–H and O–H groups in total. The van der Waals surface area contributed by atoms with Crippen LogP contribution in [0.1, 0.15) is 22.0 Å². The summed E-state index contributed by atoms with van der Waals surface area (Å²) in [4.78, 5) is 47.4. The summed E-state index contributed by atoms with van der Waals surface area (Å²) in [6.45, 7) is 0. The van der Waals surface area contributed by atoms with Crippen LogP contribution in [0.15, 0.2) is 97.1 Å². The van der Waals surface area contributed by atoms with Gasteiger partial charge < -0.3 is 9.47 Å². The molecule has 8 nitrogen and oxygen atoms in total. The highest BCUT2D eigenvalue weighted by molar-refractivity contribution is 6.42. The van der Waals surface area contributed by atoms with Gasteiger partial charge in [0.05, 0.1) is 40.1 Å². The average molecular weight is 589 g/mol. The van der Waals surface area contributed by atoms with E-state index in [-0.39, 0.29) is 16.5 Å². The smallest absolute Gasteiger partial charge is 0.343 e. The molecule has 0 aromatic heterocycles. The second kappa shape index (κ2) is 10.9. The fourth-order valence-corrected chi connectivity index (χ4v) is 5.41. The quantitative estimate of drug-likeness (QED) is 0.149. The number of fused-ring (bicyclic) bond motifs is 1. The van der Waals surface area contributed by atoms with Crippen LogP contribution in [0.2, 0.25) is 10.0 Å². The first-order chi connectivity index (χ1) is 19.9. The summed E-state index contributed by atoms with van der Waals surface area (Å²) < 4.78 is 11.2. The van der Waals surface area contributed by atoms with E-state index in [0.29, 0.717) is 27.5 Å². The third kappa shape index (κ3) is 4.80. The number of amides is 2. The average Bonchev–Trinajstić information content (AvgIpc) is 3.51. The van der Waals surface area contributed by atoms with Gasteiger partial charge in [0.1, 0.15) is 5.92 Å². The number of hydroxylamine groups is 1. The number of benzene rings is 4. The van der Waals surface area contributed by atoms with Crippen molar-refractivity contribution in [2.24, 2.45) is 5.92 Å². The Morgan fingerprint density at radius 2 is 1.49 bits per heavy atom. The van der Waals surface area contributed by atoms with Crippen LogP contribution in [0.4, 0.5) is 11.4 Å². The van der Waals surface area contributed by atoms with E-state index in [9.17, 15) is 14.4 Å². The molecule has 4 aromatic carbocycles. The van der Waals surface area contributed by atoms with Crippen LogP contribution in [-0.4, -0.2) is 31.0 Å². The highest BCUT2D eigenvalue weighted by atomic mass is 35.5. The summed E-state index contributed by atoms with van der Waals surface area (Å²) in [5.41, 5.74) is 1.97. The number of hydrogen-bond acceptors (Lipinski definition) is 7. The highest BCUT2D eigenvalue weighted by Crippen LogP contribution is 2.49. The molecule has 0 spiro atoms. The van der Waals surface area contributed by atoms with E-state index in [4.69, 9.17) is 37.5 Å². The van der Waals surface area contributed by atoms with Gasteiger partial charge in [-0.25, -0.2) is 14.8 Å². The van der Waals surface area contributed by atoms with Gasteiger partial charge in [0, 0.05) is 0 Å². The Labute approximate surface area is 245 Å². The van der Waals surface area contributed by atoms with E-state index in [1.807, 2.05) is 30.3 Å². The zero-order chi connectivity index (χ0) is 28.7. The van der Waals surface area contributed by atoms with Gasteiger partial charge >= 0.3 is 5.97 Å². The van der Waals surface area contributed by atoms with Crippen LogP contribution in [-0.2, 0) is 14.4 Å². The van der Waals surface area contributed by atoms with Gasteiger partial charge in [-0.2, -0.15) is 0 Å². The molecule has 10 heteroatoms. The second-order valence-corrected chi connectivity index (χ2v) is 10.2. The minimum absolute atomic E-state index is 0.207. The van der Waals surface area contributed by atoms with Crippen molar-refractivity contribution in [3.8, 4) is 11.5 Å². The Hall–Kier alpha value is -4.37. The molecule has 2 fully saturated rings. The van der Waals surface area contributed by atoms with Crippen molar-refractivity contribution >= 4 is 52.4 Å². The first-order valence-electron chi connectivity index (χ1n) is 12.7. The van der Waals surface area contributed by atoms with Gasteiger partial charge in [-0.15, -0.1) is 0 Å². The Morgan fingerprint density at radius 1 is 0.780 bits per heavy atom. The number of anilines is 2. The molecule has 2 saturated heterocycles. The van der Waals surface area contributed by atoms with E-state index in [1.165, 1.54) is 19.2 Å². The van der Waals surface area contributed by atoms with Crippen molar-refractivity contribution in [1.29, 1.82) is 0 Å². The zero-order valence-corrected chi connectivity index (χ0v) is 23.1. The van der Waals surface area contributed by atoms with Crippen molar-refractivity contribution in [3.05, 3.63) is 118 Å². The third-order valence-electron chi connectivity index (χ3n) is 7.03. The van der Waals surface area contributed by atoms with Crippen LogP contribution in [0, 0.1) is 5.92 Å². The molecule has 0 saturated carbocycles. The minimum Gasteiger partial charge on any atom is -0.493 e. The van der Waals surface area contributed by atoms with Crippen molar-refractivity contribution in [3.63, 3.8) is 0 Å². The summed E-state index contributed by atoms with van der Waals surface area (Å²) in [7, 11) is 1.46. The minimum atomic E-state index is -1.08. The maximum atomic E-state index is 13.9. The fraction of sp³-hybridized carbons (Fsp3) is 0.129. The zero-order valence-electron chi connectivity index (χ0n) is 21.6. The molecule has 2 aliphatic heterocycles. The summed E-state index contributed by atoms with van der Waals surface area (Å²) >= 11 is 12.2. The first-order valence-corrected chi connectivity index (χ1v) is 13.4. The van der Waals surface area contributed by atoms with Gasteiger partial charge in [-0.3, -0.25) is 14.4 Å². The van der Waals surface area contributed by atoms with Gasteiger partial charge in [-0.05, 0) is 60.2 Å². The summed E-state index contributed by atoms with van der Waals surface area (Å²) in [5, 5.41) is 2.09. The number of nitrogens with zero attached hydrogens (tertiary/aromatic N) is 2. The molecule has 3 atom stereocenters. The molecule has 2 heterocycles. The van der Waals surface area contributed by atoms with Gasteiger partial charge in [-0.1, -0.05) is 65.7 Å². The number of para-hydroxylation sites is 1. The van der Waals surface area contributed by atoms with Crippen molar-refractivity contribution in [2.75, 3.05) is 17.1 Å². The number of carbonyl (C=O) groups is 3. The van der Waals surface area contributed by atoms with E-state index in [0.717, 1.165) is 4.90 Å². The molecule has 0 radical (unpaired) electrons. The van der Waals surface area contributed by atoms with Crippen LogP contribution in [0.3, 0.4) is 0 Å². The number of carbonyl (C=O) groups excluding carboxylic acids is 3. The van der Waals surface area contributed by atoms with E-state index in [2.05, 4.69) is 0 Å². The Balaban J connectivity index is 1.38. The predicted molar refractivity (Wildman–Crippen MR) is 153 cm³/mol. The van der Waals surface area contributed by atoms with Crippen LogP contribution < -0.4 is 19.4 Å². The standard InChI is InChI=1S/C31H22Cl2N2O6/c1-39-25-16-19(12-15-24(25)40-31(38)18-8-4-2-5-9-18)27-26-28(41-35(27)20-10-6-3-7-11-20)30(37)34(29(26)36)21-13-14-22(32)23(33)17-21/h2-17,26-28H,1H3/t26-,27+,28-/m0/s1. The summed E-state index contributed by atoms with van der Waals surface area (Å²) in [6.07, 6.45) is -1.08. The normalized spacial score (nSPS) is 19.8. The Bertz CT molecular complexity index is 1650. The lowest BCUT2D eigenvalue weighted by atomic mass is 9.90. The fourth-order valence-electron chi connectivity index (χ4n) is 5.12. The molecule has 41 heavy (non-hydrogen) atoms. The number of hydrogen-bond donors (Lipinski definition) is 0. The number of imide groups is 1. The lowest BCUT2D eigenvalue weighted by molar-refractivity contribution is -0.126. The van der Waals surface area contributed by atoms with Crippen LogP contribution in [0.5, 0.6) is 11.5 Å². The Kier molecular flexibility index (Phi) is 7.13. The Morgan fingerprint density at radius 3 is 2.17 bits per heavy atom. The molecular formula is C31H22Cl2N2O6. The van der Waals surface area contributed by atoms with Crippen molar-refractivity contribution in [1.82, 2.24) is 0 Å². The lowest BCUT2D eigenvalue weighted by Gasteiger charge is -2.29. The number of esters is 1. The van der Waals surface area contributed by atoms with E-state index >= 15 is 0 Å². The van der Waals surface area contributed by atoms with E-state index < -0.39 is 35.8 Å². The van der Waals surface area contributed by atoms with E-state index in [1.54, 1.807) is 59.7 Å². The maximum Gasteiger partial charge on any atom is 0.343 e. The molecule has 2 aliphatic rings.